The predicted octanol–water partition coefficient (Wildman–Crippen LogP) is 4.07. The number of hydrogen-bond acceptors (Lipinski definition) is 2. The Balaban J connectivity index is 1.75. The SMILES string of the molecule is C=C1C=C2C(C)N(Cc3ccc(CC)cc3)CN2C=C1C. The molecule has 0 aromatic heterocycles. The van der Waals surface area contributed by atoms with E-state index in [0.29, 0.717) is 6.04 Å². The minimum absolute atomic E-state index is 0.442. The zero-order valence-electron chi connectivity index (χ0n) is 13.3. The number of aryl methyl sites for hydroxylation is 1. The molecule has 0 N–H and O–H groups in total. The van der Waals surface area contributed by atoms with Gasteiger partial charge in [-0.2, -0.15) is 0 Å². The van der Waals surface area contributed by atoms with Crippen molar-refractivity contribution in [2.75, 3.05) is 6.67 Å². The van der Waals surface area contributed by atoms with E-state index in [1.807, 2.05) is 0 Å². The number of rotatable bonds is 3. The van der Waals surface area contributed by atoms with Crippen LogP contribution in [-0.4, -0.2) is 22.5 Å². The summed E-state index contributed by atoms with van der Waals surface area (Å²) in [5, 5.41) is 0. The van der Waals surface area contributed by atoms with E-state index in [4.69, 9.17) is 0 Å². The van der Waals surface area contributed by atoms with Gasteiger partial charge in [-0.3, -0.25) is 4.90 Å². The van der Waals surface area contributed by atoms with Gasteiger partial charge in [0.05, 0.1) is 6.67 Å². The van der Waals surface area contributed by atoms with Crippen molar-refractivity contribution in [3.8, 4) is 0 Å². The Labute approximate surface area is 128 Å². The zero-order chi connectivity index (χ0) is 15.0. The summed E-state index contributed by atoms with van der Waals surface area (Å²) >= 11 is 0. The standard InChI is InChI=1S/C19H24N2/c1-5-17-6-8-18(9-7-17)12-20-13-21-11-15(3)14(2)10-19(21)16(20)4/h6-11,16H,2,5,12-13H2,1,3-4H3. The number of allylic oxidation sites excluding steroid dienone is 3. The highest BCUT2D eigenvalue weighted by molar-refractivity contribution is 5.44. The van der Waals surface area contributed by atoms with Crippen molar-refractivity contribution >= 4 is 0 Å². The topological polar surface area (TPSA) is 6.48 Å². The van der Waals surface area contributed by atoms with Gasteiger partial charge in [-0.05, 0) is 48.6 Å². The highest BCUT2D eigenvalue weighted by atomic mass is 15.4. The molecule has 2 nitrogen and oxygen atoms in total. The second kappa shape index (κ2) is 5.53. The Morgan fingerprint density at radius 2 is 1.86 bits per heavy atom. The molecule has 1 fully saturated rings. The van der Waals surface area contributed by atoms with Crippen LogP contribution in [0, 0.1) is 0 Å². The van der Waals surface area contributed by atoms with E-state index in [-0.39, 0.29) is 0 Å². The van der Waals surface area contributed by atoms with Crippen LogP contribution in [-0.2, 0) is 13.0 Å². The fraction of sp³-hybridized carbons (Fsp3) is 0.368. The van der Waals surface area contributed by atoms with Crippen LogP contribution >= 0.6 is 0 Å². The van der Waals surface area contributed by atoms with Gasteiger partial charge >= 0.3 is 0 Å². The summed E-state index contributed by atoms with van der Waals surface area (Å²) in [6.45, 7) is 12.7. The summed E-state index contributed by atoms with van der Waals surface area (Å²) in [7, 11) is 0. The molecule has 2 heteroatoms. The fourth-order valence-corrected chi connectivity index (χ4v) is 3.06. The van der Waals surface area contributed by atoms with Crippen LogP contribution in [0.3, 0.4) is 0 Å². The summed E-state index contributed by atoms with van der Waals surface area (Å²) in [4.78, 5) is 4.87. The molecule has 1 aromatic rings. The van der Waals surface area contributed by atoms with Crippen LogP contribution in [0.25, 0.3) is 0 Å². The lowest BCUT2D eigenvalue weighted by Crippen LogP contribution is -2.27. The first-order chi connectivity index (χ1) is 10.1. The molecule has 1 unspecified atom stereocenters. The summed E-state index contributed by atoms with van der Waals surface area (Å²) < 4.78 is 0. The molecule has 21 heavy (non-hydrogen) atoms. The average Bonchev–Trinajstić information content (AvgIpc) is 2.77. The third kappa shape index (κ3) is 2.68. The molecule has 1 atom stereocenters. The van der Waals surface area contributed by atoms with Crippen LogP contribution in [0.1, 0.15) is 31.9 Å². The van der Waals surface area contributed by atoms with Crippen molar-refractivity contribution < 1.29 is 0 Å². The summed E-state index contributed by atoms with van der Waals surface area (Å²) in [5.41, 5.74) is 6.57. The van der Waals surface area contributed by atoms with Gasteiger partial charge in [-0.25, -0.2) is 0 Å². The molecule has 2 aliphatic rings. The first-order valence-electron chi connectivity index (χ1n) is 7.76. The number of benzene rings is 1. The van der Waals surface area contributed by atoms with Crippen LogP contribution < -0.4 is 0 Å². The van der Waals surface area contributed by atoms with Crippen molar-refractivity contribution in [3.63, 3.8) is 0 Å². The van der Waals surface area contributed by atoms with Gasteiger partial charge in [-0.1, -0.05) is 37.8 Å². The van der Waals surface area contributed by atoms with E-state index < -0.39 is 0 Å². The second-order valence-corrected chi connectivity index (χ2v) is 6.11. The van der Waals surface area contributed by atoms with E-state index in [2.05, 4.69) is 73.7 Å². The lowest BCUT2D eigenvalue weighted by Gasteiger charge is -2.22. The van der Waals surface area contributed by atoms with Gasteiger partial charge in [-0.15, -0.1) is 0 Å². The maximum absolute atomic E-state index is 4.13. The molecule has 0 amide bonds. The van der Waals surface area contributed by atoms with Crippen LogP contribution in [0.15, 0.2) is 60.0 Å². The van der Waals surface area contributed by atoms with Gasteiger partial charge in [0.25, 0.3) is 0 Å². The molecule has 2 heterocycles. The Bertz CT molecular complexity index is 607. The molecular formula is C19H24N2. The molecule has 0 bridgehead atoms. The molecule has 1 saturated heterocycles. The molecule has 2 aliphatic heterocycles. The quantitative estimate of drug-likeness (QED) is 0.823. The molecule has 1 aromatic carbocycles. The molecule has 0 aliphatic carbocycles. The van der Waals surface area contributed by atoms with Crippen LogP contribution in [0.4, 0.5) is 0 Å². The van der Waals surface area contributed by atoms with Crippen LogP contribution in [0.2, 0.25) is 0 Å². The first-order valence-corrected chi connectivity index (χ1v) is 7.76. The van der Waals surface area contributed by atoms with Crippen LogP contribution in [0.5, 0.6) is 0 Å². The van der Waals surface area contributed by atoms with Crippen molar-refractivity contribution in [1.82, 2.24) is 9.80 Å². The average molecular weight is 280 g/mol. The van der Waals surface area contributed by atoms with Gasteiger partial charge in [0.1, 0.15) is 0 Å². The second-order valence-electron chi connectivity index (χ2n) is 6.11. The van der Waals surface area contributed by atoms with E-state index in [1.165, 1.54) is 22.4 Å². The number of hydrogen-bond donors (Lipinski definition) is 0. The van der Waals surface area contributed by atoms with Gasteiger partial charge in [0.2, 0.25) is 0 Å². The molecule has 110 valence electrons. The van der Waals surface area contributed by atoms with Crippen molar-refractivity contribution in [2.45, 2.75) is 39.8 Å². The smallest absolute Gasteiger partial charge is 0.0756 e. The van der Waals surface area contributed by atoms with Crippen molar-refractivity contribution in [3.05, 3.63) is 71.1 Å². The Morgan fingerprint density at radius 1 is 1.19 bits per heavy atom. The lowest BCUT2D eigenvalue weighted by molar-refractivity contribution is 0.242. The summed E-state index contributed by atoms with van der Waals surface area (Å²) in [6, 6.07) is 9.45. The largest absolute Gasteiger partial charge is 0.336 e. The third-order valence-electron chi connectivity index (χ3n) is 4.64. The fourth-order valence-electron chi connectivity index (χ4n) is 3.06. The van der Waals surface area contributed by atoms with Gasteiger partial charge < -0.3 is 4.90 Å². The molecular weight excluding hydrogens is 256 g/mol. The maximum atomic E-state index is 4.13. The number of nitrogens with zero attached hydrogens (tertiary/aromatic N) is 2. The molecule has 0 saturated carbocycles. The monoisotopic (exact) mass is 280 g/mol. The van der Waals surface area contributed by atoms with Crippen molar-refractivity contribution in [2.24, 2.45) is 0 Å². The number of fused-ring (bicyclic) bond motifs is 1. The van der Waals surface area contributed by atoms with E-state index in [9.17, 15) is 0 Å². The van der Waals surface area contributed by atoms with E-state index >= 15 is 0 Å². The van der Waals surface area contributed by atoms with Crippen molar-refractivity contribution in [1.29, 1.82) is 0 Å². The van der Waals surface area contributed by atoms with E-state index in [0.717, 1.165) is 25.2 Å². The highest BCUT2D eigenvalue weighted by Crippen LogP contribution is 2.32. The minimum Gasteiger partial charge on any atom is -0.336 e. The summed E-state index contributed by atoms with van der Waals surface area (Å²) in [5.74, 6) is 0. The van der Waals surface area contributed by atoms with Gasteiger partial charge in [0.15, 0.2) is 0 Å². The van der Waals surface area contributed by atoms with Gasteiger partial charge in [0, 0.05) is 24.5 Å². The Morgan fingerprint density at radius 3 is 2.52 bits per heavy atom. The normalized spacial score (nSPS) is 22.1. The maximum Gasteiger partial charge on any atom is 0.0756 e. The molecule has 0 spiro atoms. The minimum atomic E-state index is 0.442. The summed E-state index contributed by atoms with van der Waals surface area (Å²) in [6.07, 6.45) is 5.57. The molecule has 3 rings (SSSR count). The highest BCUT2D eigenvalue weighted by Gasteiger charge is 2.32. The first kappa shape index (κ1) is 14.2. The Kier molecular flexibility index (Phi) is 3.73. The zero-order valence-corrected chi connectivity index (χ0v) is 13.3. The lowest BCUT2D eigenvalue weighted by atomic mass is 10.0. The predicted molar refractivity (Wildman–Crippen MR) is 88.5 cm³/mol. The third-order valence-corrected chi connectivity index (χ3v) is 4.64. The van der Waals surface area contributed by atoms with E-state index in [1.54, 1.807) is 0 Å². The molecule has 0 radical (unpaired) electrons. The Hall–Kier alpha value is -1.80.